The highest BCUT2D eigenvalue weighted by Gasteiger charge is 2.10. The number of hydrogen-bond donors (Lipinski definition) is 1. The molecule has 0 bridgehead atoms. The van der Waals surface area contributed by atoms with Crippen LogP contribution < -0.4 is 10.2 Å². The minimum atomic E-state index is -0.423. The molecule has 5 heteroatoms. The highest BCUT2D eigenvalue weighted by atomic mass is 16.5. The van der Waals surface area contributed by atoms with Crippen LogP contribution in [0.1, 0.15) is 29.3 Å². The molecule has 0 aliphatic rings. The molecule has 0 saturated heterocycles. The molecule has 2 aromatic carbocycles. The maximum atomic E-state index is 12.2. The third-order valence-electron chi connectivity index (χ3n) is 3.92. The summed E-state index contributed by atoms with van der Waals surface area (Å²) >= 11 is 0. The number of anilines is 2. The minimum Gasteiger partial charge on any atom is -0.465 e. The van der Waals surface area contributed by atoms with Gasteiger partial charge in [0.2, 0.25) is 5.91 Å². The second kappa shape index (κ2) is 8.87. The Kier molecular flexibility index (Phi) is 6.57. The van der Waals surface area contributed by atoms with Crippen LogP contribution in [-0.4, -0.2) is 32.1 Å². The number of amides is 1. The first-order chi connectivity index (χ1) is 12.0. The van der Waals surface area contributed by atoms with Crippen molar-refractivity contribution in [1.82, 2.24) is 0 Å². The molecular weight excluding hydrogens is 316 g/mol. The van der Waals surface area contributed by atoms with Crippen molar-refractivity contribution in [3.05, 3.63) is 59.7 Å². The SMILES string of the molecule is CCN(CCC(=O)Nc1cccc(C(=O)OC)c1)c1cccc(C)c1. The summed E-state index contributed by atoms with van der Waals surface area (Å²) in [5.74, 6) is -0.513. The first-order valence-electron chi connectivity index (χ1n) is 8.33. The van der Waals surface area contributed by atoms with Gasteiger partial charge in [0.1, 0.15) is 0 Å². The third-order valence-corrected chi connectivity index (χ3v) is 3.92. The van der Waals surface area contributed by atoms with Crippen molar-refractivity contribution in [3.8, 4) is 0 Å². The van der Waals surface area contributed by atoms with Crippen molar-refractivity contribution in [2.24, 2.45) is 0 Å². The Balaban J connectivity index is 1.94. The normalized spacial score (nSPS) is 10.2. The summed E-state index contributed by atoms with van der Waals surface area (Å²) in [5, 5.41) is 2.83. The Morgan fingerprint density at radius 2 is 1.88 bits per heavy atom. The van der Waals surface area contributed by atoms with Gasteiger partial charge in [-0.3, -0.25) is 4.79 Å². The zero-order valence-electron chi connectivity index (χ0n) is 14.9. The summed E-state index contributed by atoms with van der Waals surface area (Å²) < 4.78 is 4.69. The molecule has 0 radical (unpaired) electrons. The van der Waals surface area contributed by atoms with Crippen LogP contribution in [0.2, 0.25) is 0 Å². The summed E-state index contributed by atoms with van der Waals surface area (Å²) in [6.45, 7) is 5.58. The van der Waals surface area contributed by atoms with Crippen molar-refractivity contribution < 1.29 is 14.3 Å². The molecule has 132 valence electrons. The predicted molar refractivity (Wildman–Crippen MR) is 100 cm³/mol. The fourth-order valence-electron chi connectivity index (χ4n) is 2.60. The summed E-state index contributed by atoms with van der Waals surface area (Å²) in [4.78, 5) is 25.9. The Morgan fingerprint density at radius 3 is 2.56 bits per heavy atom. The Morgan fingerprint density at radius 1 is 1.12 bits per heavy atom. The second-order valence-corrected chi connectivity index (χ2v) is 5.79. The van der Waals surface area contributed by atoms with E-state index in [0.29, 0.717) is 24.2 Å². The molecule has 0 fully saturated rings. The second-order valence-electron chi connectivity index (χ2n) is 5.79. The lowest BCUT2D eigenvalue weighted by atomic mass is 10.2. The molecule has 2 rings (SSSR count). The number of ether oxygens (including phenoxy) is 1. The van der Waals surface area contributed by atoms with Gasteiger partial charge in [-0.05, 0) is 49.7 Å². The van der Waals surface area contributed by atoms with Crippen molar-refractivity contribution in [1.29, 1.82) is 0 Å². The van der Waals surface area contributed by atoms with Crippen molar-refractivity contribution in [2.75, 3.05) is 30.4 Å². The van der Waals surface area contributed by atoms with E-state index in [2.05, 4.69) is 36.2 Å². The number of benzene rings is 2. The minimum absolute atomic E-state index is 0.0897. The molecule has 0 unspecified atom stereocenters. The molecule has 5 nitrogen and oxygen atoms in total. The fraction of sp³-hybridized carbons (Fsp3) is 0.300. The highest BCUT2D eigenvalue weighted by Crippen LogP contribution is 2.16. The molecule has 1 N–H and O–H groups in total. The van der Waals surface area contributed by atoms with Crippen LogP contribution in [0.4, 0.5) is 11.4 Å². The van der Waals surface area contributed by atoms with Crippen LogP contribution in [0.15, 0.2) is 48.5 Å². The molecule has 0 aliphatic carbocycles. The summed E-state index contributed by atoms with van der Waals surface area (Å²) in [6, 6.07) is 15.0. The van der Waals surface area contributed by atoms with Gasteiger partial charge in [-0.25, -0.2) is 4.79 Å². The van der Waals surface area contributed by atoms with Gasteiger partial charge in [0, 0.05) is 30.9 Å². The van der Waals surface area contributed by atoms with Crippen LogP contribution in [0.25, 0.3) is 0 Å². The molecule has 0 spiro atoms. The van der Waals surface area contributed by atoms with Crippen LogP contribution in [0.5, 0.6) is 0 Å². The Hall–Kier alpha value is -2.82. The zero-order chi connectivity index (χ0) is 18.2. The molecule has 2 aromatic rings. The molecule has 0 saturated carbocycles. The smallest absolute Gasteiger partial charge is 0.337 e. The quantitative estimate of drug-likeness (QED) is 0.782. The van der Waals surface area contributed by atoms with E-state index in [9.17, 15) is 9.59 Å². The molecule has 0 aromatic heterocycles. The first-order valence-corrected chi connectivity index (χ1v) is 8.33. The van der Waals surface area contributed by atoms with Gasteiger partial charge in [0.25, 0.3) is 0 Å². The average Bonchev–Trinajstić information content (AvgIpc) is 2.62. The summed E-state index contributed by atoms with van der Waals surface area (Å²) in [5.41, 5.74) is 3.31. The molecular formula is C20H24N2O3. The monoisotopic (exact) mass is 340 g/mol. The maximum Gasteiger partial charge on any atom is 0.337 e. The van der Waals surface area contributed by atoms with Gasteiger partial charge >= 0.3 is 5.97 Å². The lowest BCUT2D eigenvalue weighted by molar-refractivity contribution is -0.116. The topological polar surface area (TPSA) is 58.6 Å². The zero-order valence-corrected chi connectivity index (χ0v) is 14.9. The molecule has 1 amide bonds. The largest absolute Gasteiger partial charge is 0.465 e. The third kappa shape index (κ3) is 5.35. The predicted octanol–water partition coefficient (Wildman–Crippen LogP) is 3.64. The number of methoxy groups -OCH3 is 1. The maximum absolute atomic E-state index is 12.2. The van der Waals surface area contributed by atoms with E-state index in [-0.39, 0.29) is 5.91 Å². The van der Waals surface area contributed by atoms with E-state index < -0.39 is 5.97 Å². The van der Waals surface area contributed by atoms with Gasteiger partial charge in [0.15, 0.2) is 0 Å². The molecule has 0 atom stereocenters. The van der Waals surface area contributed by atoms with E-state index in [1.54, 1.807) is 24.3 Å². The van der Waals surface area contributed by atoms with E-state index in [1.807, 2.05) is 12.1 Å². The van der Waals surface area contributed by atoms with Crippen LogP contribution in [0.3, 0.4) is 0 Å². The number of nitrogens with one attached hydrogen (secondary N) is 1. The van der Waals surface area contributed by atoms with Gasteiger partial charge in [0.05, 0.1) is 12.7 Å². The molecule has 0 aliphatic heterocycles. The number of hydrogen-bond acceptors (Lipinski definition) is 4. The number of aryl methyl sites for hydroxylation is 1. The van der Waals surface area contributed by atoms with Gasteiger partial charge in [-0.1, -0.05) is 18.2 Å². The van der Waals surface area contributed by atoms with Crippen molar-refractivity contribution in [2.45, 2.75) is 20.3 Å². The van der Waals surface area contributed by atoms with E-state index in [0.717, 1.165) is 12.2 Å². The fourth-order valence-corrected chi connectivity index (χ4v) is 2.60. The van der Waals surface area contributed by atoms with Gasteiger partial charge < -0.3 is 15.0 Å². The summed E-state index contributed by atoms with van der Waals surface area (Å²) in [7, 11) is 1.33. The van der Waals surface area contributed by atoms with Crippen molar-refractivity contribution in [3.63, 3.8) is 0 Å². The summed E-state index contributed by atoms with van der Waals surface area (Å²) in [6.07, 6.45) is 0.365. The van der Waals surface area contributed by atoms with Crippen LogP contribution >= 0.6 is 0 Å². The van der Waals surface area contributed by atoms with Crippen LogP contribution in [-0.2, 0) is 9.53 Å². The first kappa shape index (κ1) is 18.5. The van der Waals surface area contributed by atoms with E-state index >= 15 is 0 Å². The van der Waals surface area contributed by atoms with Gasteiger partial charge in [-0.2, -0.15) is 0 Å². The number of esters is 1. The number of carbonyl (C=O) groups is 2. The lowest BCUT2D eigenvalue weighted by Crippen LogP contribution is -2.27. The lowest BCUT2D eigenvalue weighted by Gasteiger charge is -2.23. The van der Waals surface area contributed by atoms with E-state index in [1.165, 1.54) is 12.7 Å². The van der Waals surface area contributed by atoms with Crippen LogP contribution in [0, 0.1) is 6.92 Å². The highest BCUT2D eigenvalue weighted by molar-refractivity contribution is 5.94. The molecule has 25 heavy (non-hydrogen) atoms. The Labute approximate surface area is 148 Å². The standard InChI is InChI=1S/C20H24N2O3/c1-4-22(18-10-5-7-15(2)13-18)12-11-19(23)21-17-9-6-8-16(14-17)20(24)25-3/h5-10,13-14H,4,11-12H2,1-3H3,(H,21,23). The number of rotatable bonds is 7. The van der Waals surface area contributed by atoms with Gasteiger partial charge in [-0.15, -0.1) is 0 Å². The Bertz CT molecular complexity index is 743. The average molecular weight is 340 g/mol. The number of nitrogens with zero attached hydrogens (tertiary/aromatic N) is 1. The number of carbonyl (C=O) groups excluding carboxylic acids is 2. The van der Waals surface area contributed by atoms with Crippen molar-refractivity contribution >= 4 is 23.3 Å². The molecule has 0 heterocycles. The van der Waals surface area contributed by atoms with E-state index in [4.69, 9.17) is 4.74 Å².